The lowest BCUT2D eigenvalue weighted by Crippen LogP contribution is -2.49. The normalized spacial score (nSPS) is 21.6. The van der Waals surface area contributed by atoms with Gasteiger partial charge in [0.2, 0.25) is 0 Å². The van der Waals surface area contributed by atoms with Crippen molar-refractivity contribution >= 4 is 12.0 Å². The maximum absolute atomic E-state index is 11.3. The van der Waals surface area contributed by atoms with E-state index in [2.05, 4.69) is 10.6 Å². The molecule has 1 heterocycles. The number of carbonyl (C=O) groups excluding carboxylic acids is 1. The van der Waals surface area contributed by atoms with Crippen LogP contribution in [-0.4, -0.2) is 54.1 Å². The van der Waals surface area contributed by atoms with E-state index >= 15 is 0 Å². The minimum absolute atomic E-state index is 0.00750. The lowest BCUT2D eigenvalue weighted by Gasteiger charge is -2.23. The van der Waals surface area contributed by atoms with Gasteiger partial charge in [-0.25, -0.2) is 9.59 Å². The number of hydrogen-bond donors (Lipinski definition) is 4. The SMILES string of the molecule is O=C(NCC1CCCCO1)N[C@H](CO)C(=O)O. The van der Waals surface area contributed by atoms with E-state index in [-0.39, 0.29) is 6.10 Å². The number of carbonyl (C=O) groups is 2. The quantitative estimate of drug-likeness (QED) is 0.513. The van der Waals surface area contributed by atoms with Crippen molar-refractivity contribution in [1.82, 2.24) is 10.6 Å². The van der Waals surface area contributed by atoms with Crippen molar-refractivity contribution in [3.05, 3.63) is 0 Å². The first-order chi connectivity index (χ1) is 8.13. The molecule has 1 unspecified atom stereocenters. The van der Waals surface area contributed by atoms with Gasteiger partial charge in [-0.05, 0) is 19.3 Å². The Labute approximate surface area is 99.1 Å². The highest BCUT2D eigenvalue weighted by Crippen LogP contribution is 2.11. The molecule has 98 valence electrons. The molecule has 1 aliphatic heterocycles. The maximum atomic E-state index is 11.3. The minimum atomic E-state index is -1.28. The zero-order chi connectivity index (χ0) is 12.7. The van der Waals surface area contributed by atoms with Crippen LogP contribution in [0, 0.1) is 0 Å². The number of nitrogens with one attached hydrogen (secondary N) is 2. The third-order valence-corrected chi connectivity index (χ3v) is 2.55. The van der Waals surface area contributed by atoms with Crippen LogP contribution in [-0.2, 0) is 9.53 Å². The van der Waals surface area contributed by atoms with Crippen LogP contribution in [0.15, 0.2) is 0 Å². The molecule has 2 amide bonds. The van der Waals surface area contributed by atoms with Gasteiger partial charge in [-0.15, -0.1) is 0 Å². The third-order valence-electron chi connectivity index (χ3n) is 2.55. The lowest BCUT2D eigenvalue weighted by molar-refractivity contribution is -0.140. The van der Waals surface area contributed by atoms with Crippen LogP contribution in [0.5, 0.6) is 0 Å². The molecular weight excluding hydrogens is 228 g/mol. The first-order valence-corrected chi connectivity index (χ1v) is 5.63. The number of aliphatic carboxylic acids is 1. The molecule has 0 radical (unpaired) electrons. The van der Waals surface area contributed by atoms with Crippen molar-refractivity contribution in [2.24, 2.45) is 0 Å². The highest BCUT2D eigenvalue weighted by Gasteiger charge is 2.19. The maximum Gasteiger partial charge on any atom is 0.328 e. The van der Waals surface area contributed by atoms with Gasteiger partial charge in [0.05, 0.1) is 12.7 Å². The number of aliphatic hydroxyl groups excluding tert-OH is 1. The van der Waals surface area contributed by atoms with E-state index in [1.165, 1.54) is 0 Å². The second kappa shape index (κ2) is 7.08. The molecule has 4 N–H and O–H groups in total. The van der Waals surface area contributed by atoms with Crippen LogP contribution in [0.3, 0.4) is 0 Å². The smallest absolute Gasteiger partial charge is 0.328 e. The zero-order valence-electron chi connectivity index (χ0n) is 9.52. The molecule has 17 heavy (non-hydrogen) atoms. The van der Waals surface area contributed by atoms with E-state index < -0.39 is 24.6 Å². The highest BCUT2D eigenvalue weighted by molar-refractivity contribution is 5.82. The van der Waals surface area contributed by atoms with Gasteiger partial charge in [0.1, 0.15) is 0 Å². The third kappa shape index (κ3) is 5.01. The molecule has 0 saturated carbocycles. The van der Waals surface area contributed by atoms with Crippen LogP contribution in [0.1, 0.15) is 19.3 Å². The lowest BCUT2D eigenvalue weighted by atomic mass is 10.1. The van der Waals surface area contributed by atoms with Gasteiger partial charge < -0.3 is 25.6 Å². The van der Waals surface area contributed by atoms with E-state index in [1.54, 1.807) is 0 Å². The molecule has 0 bridgehead atoms. The van der Waals surface area contributed by atoms with Crippen LogP contribution in [0.2, 0.25) is 0 Å². The predicted molar refractivity (Wildman–Crippen MR) is 58.6 cm³/mol. The molecule has 2 atom stereocenters. The number of ether oxygens (including phenoxy) is 1. The second-order valence-electron chi connectivity index (χ2n) is 3.92. The predicted octanol–water partition coefficient (Wildman–Crippen LogP) is -0.700. The Hall–Kier alpha value is -1.34. The van der Waals surface area contributed by atoms with Crippen LogP contribution >= 0.6 is 0 Å². The van der Waals surface area contributed by atoms with Gasteiger partial charge in [0.15, 0.2) is 6.04 Å². The second-order valence-corrected chi connectivity index (χ2v) is 3.92. The molecule has 1 saturated heterocycles. The van der Waals surface area contributed by atoms with Gasteiger partial charge in [0.25, 0.3) is 0 Å². The monoisotopic (exact) mass is 246 g/mol. The zero-order valence-corrected chi connectivity index (χ0v) is 9.52. The molecule has 1 fully saturated rings. The van der Waals surface area contributed by atoms with Crippen molar-refractivity contribution in [3.8, 4) is 0 Å². The number of hydrogen-bond acceptors (Lipinski definition) is 4. The molecule has 0 aromatic rings. The summed E-state index contributed by atoms with van der Waals surface area (Å²) in [6.45, 7) is 0.411. The average Bonchev–Trinajstić information content (AvgIpc) is 2.34. The van der Waals surface area contributed by atoms with Crippen molar-refractivity contribution in [2.75, 3.05) is 19.8 Å². The fourth-order valence-corrected chi connectivity index (χ4v) is 1.57. The first-order valence-electron chi connectivity index (χ1n) is 5.63. The first kappa shape index (κ1) is 13.7. The number of urea groups is 1. The van der Waals surface area contributed by atoms with Crippen molar-refractivity contribution in [3.63, 3.8) is 0 Å². The summed E-state index contributed by atoms with van der Waals surface area (Å²) < 4.78 is 5.40. The molecule has 7 nitrogen and oxygen atoms in total. The number of aliphatic hydroxyl groups is 1. The topological polar surface area (TPSA) is 108 Å². The van der Waals surface area contributed by atoms with Gasteiger partial charge in [-0.2, -0.15) is 0 Å². The van der Waals surface area contributed by atoms with Crippen LogP contribution < -0.4 is 10.6 Å². The van der Waals surface area contributed by atoms with E-state index in [9.17, 15) is 9.59 Å². The van der Waals surface area contributed by atoms with E-state index in [0.717, 1.165) is 19.3 Å². The van der Waals surface area contributed by atoms with Crippen molar-refractivity contribution in [1.29, 1.82) is 0 Å². The van der Waals surface area contributed by atoms with Gasteiger partial charge in [-0.1, -0.05) is 0 Å². The summed E-state index contributed by atoms with van der Waals surface area (Å²) in [6, 6.07) is -1.89. The summed E-state index contributed by atoms with van der Waals surface area (Å²) >= 11 is 0. The molecule has 1 aliphatic rings. The number of amides is 2. The summed E-state index contributed by atoms with van der Waals surface area (Å²) in [4.78, 5) is 21.9. The van der Waals surface area contributed by atoms with Gasteiger partial charge in [0, 0.05) is 13.2 Å². The number of carboxylic acid groups (broad SMARTS) is 1. The summed E-state index contributed by atoms with van der Waals surface area (Å²) in [5, 5.41) is 22.0. The number of carboxylic acids is 1. The van der Waals surface area contributed by atoms with Gasteiger partial charge in [-0.3, -0.25) is 0 Å². The molecule has 0 spiro atoms. The largest absolute Gasteiger partial charge is 0.480 e. The van der Waals surface area contributed by atoms with Crippen LogP contribution in [0.4, 0.5) is 4.79 Å². The minimum Gasteiger partial charge on any atom is -0.480 e. The molecular formula is C10H18N2O5. The Morgan fingerprint density at radius 2 is 2.18 bits per heavy atom. The molecule has 0 aliphatic carbocycles. The Balaban J connectivity index is 2.21. The van der Waals surface area contributed by atoms with E-state index in [0.29, 0.717) is 13.2 Å². The number of rotatable bonds is 5. The van der Waals surface area contributed by atoms with Crippen molar-refractivity contribution in [2.45, 2.75) is 31.4 Å². The summed E-state index contributed by atoms with van der Waals surface area (Å²) in [5.41, 5.74) is 0. The fourth-order valence-electron chi connectivity index (χ4n) is 1.57. The van der Waals surface area contributed by atoms with E-state index in [4.69, 9.17) is 14.9 Å². The summed E-state index contributed by atoms with van der Waals surface area (Å²) in [7, 11) is 0. The van der Waals surface area contributed by atoms with Gasteiger partial charge >= 0.3 is 12.0 Å². The molecule has 1 rings (SSSR count). The molecule has 7 heteroatoms. The summed E-state index contributed by atoms with van der Waals surface area (Å²) in [5.74, 6) is -1.27. The summed E-state index contributed by atoms with van der Waals surface area (Å²) in [6.07, 6.45) is 2.99. The Morgan fingerprint density at radius 1 is 1.41 bits per heavy atom. The molecule has 0 aromatic carbocycles. The fraction of sp³-hybridized carbons (Fsp3) is 0.800. The standard InChI is InChI=1S/C10H18N2O5/c13-6-8(9(14)15)12-10(16)11-5-7-3-1-2-4-17-7/h7-8,13H,1-6H2,(H,14,15)(H2,11,12,16)/t7?,8-/m1/s1. The molecule has 0 aromatic heterocycles. The van der Waals surface area contributed by atoms with Crippen LogP contribution in [0.25, 0.3) is 0 Å². The van der Waals surface area contributed by atoms with Crippen molar-refractivity contribution < 1.29 is 24.5 Å². The Morgan fingerprint density at radius 3 is 2.71 bits per heavy atom. The average molecular weight is 246 g/mol. The highest BCUT2D eigenvalue weighted by atomic mass is 16.5. The Bertz CT molecular complexity index is 265. The van der Waals surface area contributed by atoms with E-state index in [1.807, 2.05) is 0 Å². The Kier molecular flexibility index (Phi) is 5.71.